The number of anilines is 1. The molecule has 0 aliphatic rings. The molecule has 156 valence electrons. The molecule has 0 spiro atoms. The number of rotatable bonds is 7. The summed E-state index contributed by atoms with van der Waals surface area (Å²) >= 11 is 0. The monoisotopic (exact) mass is 419 g/mol. The van der Waals surface area contributed by atoms with Gasteiger partial charge in [-0.15, -0.1) is 0 Å². The van der Waals surface area contributed by atoms with E-state index in [1.165, 1.54) is 12.1 Å². The molecule has 0 heterocycles. The molecule has 0 N–H and O–H groups in total. The predicted molar refractivity (Wildman–Crippen MR) is 110 cm³/mol. The molecule has 0 saturated carbocycles. The molecule has 0 fully saturated rings. The number of hydrogen-bond acceptors (Lipinski definition) is 6. The van der Waals surface area contributed by atoms with Crippen LogP contribution in [0, 0.1) is 0 Å². The number of sulfonamides is 1. The third-order valence-corrected chi connectivity index (χ3v) is 4.82. The van der Waals surface area contributed by atoms with E-state index in [-0.39, 0.29) is 17.9 Å². The molecule has 29 heavy (non-hydrogen) atoms. The van der Waals surface area contributed by atoms with Gasteiger partial charge in [0.1, 0.15) is 18.8 Å². The van der Waals surface area contributed by atoms with Gasteiger partial charge in [0.15, 0.2) is 0 Å². The maximum absolute atomic E-state index is 12.6. The zero-order valence-electron chi connectivity index (χ0n) is 16.9. The van der Waals surface area contributed by atoms with E-state index in [9.17, 15) is 18.0 Å². The van der Waals surface area contributed by atoms with E-state index in [2.05, 4.69) is 0 Å². The van der Waals surface area contributed by atoms with Crippen molar-refractivity contribution >= 4 is 27.6 Å². The number of carbonyl (C=O) groups is 2. The van der Waals surface area contributed by atoms with Crippen molar-refractivity contribution in [2.45, 2.75) is 33.0 Å². The number of esters is 2. The highest BCUT2D eigenvalue weighted by Gasteiger charge is 2.28. The Kier molecular flexibility index (Phi) is 7.02. The third kappa shape index (κ3) is 6.90. The van der Waals surface area contributed by atoms with Crippen LogP contribution in [0.3, 0.4) is 0 Å². The molecular weight excluding hydrogens is 394 g/mol. The fourth-order valence-corrected chi connectivity index (χ4v) is 3.39. The second kappa shape index (κ2) is 9.09. The molecule has 0 amide bonds. The minimum atomic E-state index is -3.87. The highest BCUT2D eigenvalue weighted by atomic mass is 32.2. The summed E-state index contributed by atoms with van der Waals surface area (Å²) in [5.41, 5.74) is 0.123. The van der Waals surface area contributed by atoms with Crippen LogP contribution in [0.25, 0.3) is 0 Å². The predicted octanol–water partition coefficient (Wildman–Crippen LogP) is 3.15. The van der Waals surface area contributed by atoms with Gasteiger partial charge in [-0.25, -0.2) is 13.2 Å². The van der Waals surface area contributed by atoms with Gasteiger partial charge in [0, 0.05) is 0 Å². The van der Waals surface area contributed by atoms with E-state index >= 15 is 0 Å². The summed E-state index contributed by atoms with van der Waals surface area (Å²) in [6.07, 6.45) is 0.962. The Morgan fingerprint density at radius 3 is 2.14 bits per heavy atom. The van der Waals surface area contributed by atoms with Crippen LogP contribution in [0.2, 0.25) is 0 Å². The first-order chi connectivity index (χ1) is 13.5. The van der Waals surface area contributed by atoms with Crippen LogP contribution in [0.4, 0.5) is 5.69 Å². The molecular formula is C21H25NO6S. The molecule has 7 nitrogen and oxygen atoms in total. The lowest BCUT2D eigenvalue weighted by atomic mass is 10.1. The van der Waals surface area contributed by atoms with Crippen molar-refractivity contribution in [2.24, 2.45) is 0 Å². The van der Waals surface area contributed by atoms with Crippen molar-refractivity contribution < 1.29 is 27.5 Å². The second-order valence-corrected chi connectivity index (χ2v) is 9.34. The van der Waals surface area contributed by atoms with Gasteiger partial charge in [0.2, 0.25) is 10.0 Å². The van der Waals surface area contributed by atoms with Gasteiger partial charge >= 0.3 is 11.9 Å². The van der Waals surface area contributed by atoms with Gasteiger partial charge in [0.25, 0.3) is 0 Å². The van der Waals surface area contributed by atoms with Gasteiger partial charge in [-0.2, -0.15) is 0 Å². The van der Waals surface area contributed by atoms with E-state index in [1.54, 1.807) is 32.9 Å². The topological polar surface area (TPSA) is 90.0 Å². The third-order valence-electron chi connectivity index (χ3n) is 3.70. The molecule has 0 saturated heterocycles. The van der Waals surface area contributed by atoms with Crippen molar-refractivity contribution in [3.63, 3.8) is 0 Å². The number of ether oxygens (including phenoxy) is 2. The Balaban J connectivity index is 2.28. The molecule has 2 aromatic rings. The highest BCUT2D eigenvalue weighted by molar-refractivity contribution is 7.92. The minimum absolute atomic E-state index is 0.0393. The van der Waals surface area contributed by atoms with Gasteiger partial charge in [-0.05, 0) is 38.5 Å². The Morgan fingerprint density at radius 1 is 0.966 bits per heavy atom. The Labute approximate surface area is 171 Å². The molecule has 0 atom stereocenters. The normalized spacial score (nSPS) is 11.6. The second-order valence-electron chi connectivity index (χ2n) is 7.43. The van der Waals surface area contributed by atoms with E-state index in [1.807, 2.05) is 30.3 Å². The molecule has 0 aromatic heterocycles. The first-order valence-electron chi connectivity index (χ1n) is 8.97. The van der Waals surface area contributed by atoms with Crippen molar-refractivity contribution in [2.75, 3.05) is 17.1 Å². The number of nitrogens with zero attached hydrogens (tertiary/aromatic N) is 1. The summed E-state index contributed by atoms with van der Waals surface area (Å²) in [6.45, 7) is 4.54. The molecule has 0 aliphatic heterocycles. The van der Waals surface area contributed by atoms with E-state index < -0.39 is 34.1 Å². The molecule has 2 rings (SSSR count). The summed E-state index contributed by atoms with van der Waals surface area (Å²) in [5, 5.41) is 0. The molecule has 0 radical (unpaired) electrons. The Bertz CT molecular complexity index is 964. The minimum Gasteiger partial charge on any atom is -0.459 e. The largest absolute Gasteiger partial charge is 0.459 e. The van der Waals surface area contributed by atoms with Crippen LogP contribution in [0.15, 0.2) is 54.6 Å². The standard InChI is InChI=1S/C21H25NO6S/c1-21(2,3)28-19(23)14-22(29(4,25)26)18-13-9-8-12-17(18)20(24)27-15-16-10-6-5-7-11-16/h5-13H,14-15H2,1-4H3. The average Bonchev–Trinajstić information content (AvgIpc) is 2.63. The lowest BCUT2D eigenvalue weighted by Gasteiger charge is -2.26. The van der Waals surface area contributed by atoms with Crippen LogP contribution in [0.1, 0.15) is 36.7 Å². The van der Waals surface area contributed by atoms with Crippen LogP contribution < -0.4 is 4.31 Å². The van der Waals surface area contributed by atoms with E-state index in [4.69, 9.17) is 9.47 Å². The van der Waals surface area contributed by atoms with Gasteiger partial charge < -0.3 is 9.47 Å². The van der Waals surface area contributed by atoms with Crippen molar-refractivity contribution in [3.05, 3.63) is 65.7 Å². The SMILES string of the molecule is CC(C)(C)OC(=O)CN(c1ccccc1C(=O)OCc1ccccc1)S(C)(=O)=O. The smallest absolute Gasteiger partial charge is 0.340 e. The number of carbonyl (C=O) groups excluding carboxylic acids is 2. The van der Waals surface area contributed by atoms with Gasteiger partial charge in [-0.3, -0.25) is 9.10 Å². The number of benzene rings is 2. The molecule has 8 heteroatoms. The molecule has 2 aromatic carbocycles. The van der Waals surface area contributed by atoms with Crippen molar-refractivity contribution in [1.29, 1.82) is 0 Å². The van der Waals surface area contributed by atoms with Crippen molar-refractivity contribution in [1.82, 2.24) is 0 Å². The lowest BCUT2D eigenvalue weighted by Crippen LogP contribution is -2.39. The van der Waals surface area contributed by atoms with Gasteiger partial charge in [-0.1, -0.05) is 42.5 Å². The Morgan fingerprint density at radius 2 is 1.55 bits per heavy atom. The zero-order chi connectivity index (χ0) is 21.7. The zero-order valence-corrected chi connectivity index (χ0v) is 17.7. The fraction of sp³-hybridized carbons (Fsp3) is 0.333. The molecule has 0 aliphatic carbocycles. The fourth-order valence-electron chi connectivity index (χ4n) is 2.54. The van der Waals surface area contributed by atoms with Crippen LogP contribution in [-0.2, 0) is 30.9 Å². The first kappa shape index (κ1) is 22.4. The summed E-state index contributed by atoms with van der Waals surface area (Å²) < 4.78 is 36.1. The maximum atomic E-state index is 12.6. The van der Waals surface area contributed by atoms with Crippen LogP contribution in [0.5, 0.6) is 0 Å². The van der Waals surface area contributed by atoms with Crippen LogP contribution in [-0.4, -0.2) is 38.8 Å². The van der Waals surface area contributed by atoms with E-state index in [0.717, 1.165) is 16.1 Å². The quantitative estimate of drug-likeness (QED) is 0.641. The molecule has 0 unspecified atom stereocenters. The summed E-state index contributed by atoms with van der Waals surface area (Å²) in [5.74, 6) is -1.42. The summed E-state index contributed by atoms with van der Waals surface area (Å²) in [7, 11) is -3.87. The Hall–Kier alpha value is -2.87. The average molecular weight is 419 g/mol. The number of hydrogen-bond donors (Lipinski definition) is 0. The lowest BCUT2D eigenvalue weighted by molar-refractivity contribution is -0.152. The highest BCUT2D eigenvalue weighted by Crippen LogP contribution is 2.24. The molecule has 0 bridgehead atoms. The number of para-hydroxylation sites is 1. The van der Waals surface area contributed by atoms with Crippen LogP contribution >= 0.6 is 0 Å². The van der Waals surface area contributed by atoms with E-state index in [0.29, 0.717) is 0 Å². The van der Waals surface area contributed by atoms with Crippen molar-refractivity contribution in [3.8, 4) is 0 Å². The summed E-state index contributed by atoms with van der Waals surface area (Å²) in [6, 6.07) is 15.2. The first-order valence-corrected chi connectivity index (χ1v) is 10.8. The summed E-state index contributed by atoms with van der Waals surface area (Å²) in [4.78, 5) is 24.9. The van der Waals surface area contributed by atoms with Gasteiger partial charge in [0.05, 0.1) is 17.5 Å². The maximum Gasteiger partial charge on any atom is 0.340 e.